The largest absolute Gasteiger partial charge is 0.481 e. The molecule has 1 aromatic rings. The van der Waals surface area contributed by atoms with Gasteiger partial charge in [0.25, 0.3) is 5.91 Å². The maximum absolute atomic E-state index is 13.2. The van der Waals surface area contributed by atoms with Crippen molar-refractivity contribution in [2.45, 2.75) is 25.3 Å². The van der Waals surface area contributed by atoms with E-state index in [0.717, 1.165) is 6.07 Å². The van der Waals surface area contributed by atoms with Crippen LogP contribution in [-0.2, 0) is 4.79 Å². The predicted molar refractivity (Wildman–Crippen MR) is 70.3 cm³/mol. The van der Waals surface area contributed by atoms with Gasteiger partial charge in [0.1, 0.15) is 5.82 Å². The zero-order valence-corrected chi connectivity index (χ0v) is 11.6. The zero-order valence-electron chi connectivity index (χ0n) is 10.0. The number of rotatable bonds is 3. The van der Waals surface area contributed by atoms with Crippen molar-refractivity contribution in [3.05, 3.63) is 34.1 Å². The Morgan fingerprint density at radius 1 is 1.32 bits per heavy atom. The van der Waals surface area contributed by atoms with Crippen molar-refractivity contribution in [3.63, 3.8) is 0 Å². The molecule has 1 aromatic carbocycles. The predicted octanol–water partition coefficient (Wildman–Crippen LogP) is 2.57. The Hall–Kier alpha value is -1.43. The Balaban J connectivity index is 2.00. The van der Waals surface area contributed by atoms with Crippen LogP contribution in [0.15, 0.2) is 22.7 Å². The Morgan fingerprint density at radius 3 is 2.63 bits per heavy atom. The third kappa shape index (κ3) is 3.53. The van der Waals surface area contributed by atoms with Gasteiger partial charge >= 0.3 is 5.97 Å². The first kappa shape index (κ1) is 14.0. The van der Waals surface area contributed by atoms with E-state index in [1.54, 1.807) is 0 Å². The Bertz CT molecular complexity index is 500. The average Bonchev–Trinajstić information content (AvgIpc) is 2.76. The van der Waals surface area contributed by atoms with E-state index in [0.29, 0.717) is 23.7 Å². The summed E-state index contributed by atoms with van der Waals surface area (Å²) in [7, 11) is 0. The first-order valence-electron chi connectivity index (χ1n) is 5.95. The number of benzene rings is 1. The molecule has 1 amide bonds. The minimum atomic E-state index is -0.828. The third-order valence-corrected chi connectivity index (χ3v) is 3.70. The lowest BCUT2D eigenvalue weighted by Gasteiger charge is -2.12. The standard InChI is InChI=1S/C13H13BrFNO3/c14-9-3-8(4-10(15)6-9)12(17)16-11-2-1-7(5-11)13(18)19/h3-4,6-7,11H,1-2,5H2,(H,16,17)(H,18,19)/t7-,11+/m1/s1. The summed E-state index contributed by atoms with van der Waals surface area (Å²) in [5.74, 6) is -2.10. The van der Waals surface area contributed by atoms with Crippen LogP contribution in [0.4, 0.5) is 4.39 Å². The molecule has 102 valence electrons. The Labute approximate surface area is 118 Å². The van der Waals surface area contributed by atoms with Crippen molar-refractivity contribution < 1.29 is 19.1 Å². The van der Waals surface area contributed by atoms with Gasteiger partial charge in [-0.05, 0) is 37.5 Å². The number of carboxylic acids is 1. The summed E-state index contributed by atoms with van der Waals surface area (Å²) in [4.78, 5) is 22.8. The van der Waals surface area contributed by atoms with Crippen LogP contribution in [0.2, 0.25) is 0 Å². The fourth-order valence-electron chi connectivity index (χ4n) is 2.29. The molecule has 1 aliphatic carbocycles. The molecule has 0 radical (unpaired) electrons. The van der Waals surface area contributed by atoms with Gasteiger partial charge in [0.2, 0.25) is 0 Å². The molecule has 6 heteroatoms. The maximum atomic E-state index is 13.2. The number of amides is 1. The average molecular weight is 330 g/mol. The van der Waals surface area contributed by atoms with Gasteiger partial charge in [0.05, 0.1) is 5.92 Å². The van der Waals surface area contributed by atoms with Crippen LogP contribution >= 0.6 is 15.9 Å². The molecule has 2 atom stereocenters. The van der Waals surface area contributed by atoms with Gasteiger partial charge in [-0.15, -0.1) is 0 Å². The molecule has 0 heterocycles. The van der Waals surface area contributed by atoms with E-state index in [9.17, 15) is 14.0 Å². The summed E-state index contributed by atoms with van der Waals surface area (Å²) in [5, 5.41) is 11.6. The van der Waals surface area contributed by atoms with E-state index in [1.165, 1.54) is 12.1 Å². The minimum absolute atomic E-state index is 0.157. The molecule has 0 aromatic heterocycles. The molecular weight excluding hydrogens is 317 g/mol. The number of aliphatic carboxylic acids is 1. The van der Waals surface area contributed by atoms with Gasteiger partial charge in [-0.25, -0.2) is 4.39 Å². The molecule has 1 saturated carbocycles. The van der Waals surface area contributed by atoms with Crippen LogP contribution in [0, 0.1) is 11.7 Å². The molecule has 4 nitrogen and oxygen atoms in total. The number of nitrogens with one attached hydrogen (secondary N) is 1. The van der Waals surface area contributed by atoms with Crippen LogP contribution in [-0.4, -0.2) is 23.0 Å². The van der Waals surface area contributed by atoms with Gasteiger partial charge in [0.15, 0.2) is 0 Å². The summed E-state index contributed by atoms with van der Waals surface area (Å²) >= 11 is 3.12. The second kappa shape index (κ2) is 5.69. The molecule has 19 heavy (non-hydrogen) atoms. The van der Waals surface area contributed by atoms with Crippen LogP contribution in [0.25, 0.3) is 0 Å². The minimum Gasteiger partial charge on any atom is -0.481 e. The Kier molecular flexibility index (Phi) is 4.19. The summed E-state index contributed by atoms with van der Waals surface area (Å²) in [5.41, 5.74) is 0.227. The van der Waals surface area contributed by atoms with E-state index in [1.807, 2.05) is 0 Å². The van der Waals surface area contributed by atoms with Gasteiger partial charge in [0, 0.05) is 16.1 Å². The Morgan fingerprint density at radius 2 is 2.05 bits per heavy atom. The lowest BCUT2D eigenvalue weighted by Crippen LogP contribution is -2.33. The molecule has 0 saturated heterocycles. The highest BCUT2D eigenvalue weighted by molar-refractivity contribution is 9.10. The van der Waals surface area contributed by atoms with E-state index >= 15 is 0 Å². The van der Waals surface area contributed by atoms with Gasteiger partial charge in [-0.2, -0.15) is 0 Å². The summed E-state index contributed by atoms with van der Waals surface area (Å²) in [6.07, 6.45) is 1.63. The van der Waals surface area contributed by atoms with Crippen LogP contribution < -0.4 is 5.32 Å². The van der Waals surface area contributed by atoms with Crippen molar-refractivity contribution in [1.29, 1.82) is 0 Å². The van der Waals surface area contributed by atoms with Crippen molar-refractivity contribution >= 4 is 27.8 Å². The van der Waals surface area contributed by atoms with E-state index in [4.69, 9.17) is 5.11 Å². The summed E-state index contributed by atoms with van der Waals surface area (Å²) < 4.78 is 13.7. The van der Waals surface area contributed by atoms with Crippen molar-refractivity contribution in [3.8, 4) is 0 Å². The molecule has 2 rings (SSSR count). The second-order valence-electron chi connectivity index (χ2n) is 4.68. The quantitative estimate of drug-likeness (QED) is 0.895. The van der Waals surface area contributed by atoms with Gasteiger partial charge < -0.3 is 10.4 Å². The highest BCUT2D eigenvalue weighted by atomic mass is 79.9. The van der Waals surface area contributed by atoms with Crippen LogP contribution in [0.1, 0.15) is 29.6 Å². The van der Waals surface area contributed by atoms with Gasteiger partial charge in [-0.1, -0.05) is 15.9 Å². The first-order chi connectivity index (χ1) is 8.95. The molecule has 0 spiro atoms. The summed E-state index contributed by atoms with van der Waals surface area (Å²) in [6, 6.07) is 3.80. The molecule has 2 N–H and O–H groups in total. The second-order valence-corrected chi connectivity index (χ2v) is 5.59. The smallest absolute Gasteiger partial charge is 0.306 e. The van der Waals surface area contributed by atoms with Crippen LogP contribution in [0.3, 0.4) is 0 Å². The highest BCUT2D eigenvalue weighted by Crippen LogP contribution is 2.26. The van der Waals surface area contributed by atoms with E-state index in [-0.39, 0.29) is 17.5 Å². The van der Waals surface area contributed by atoms with E-state index < -0.39 is 17.7 Å². The molecule has 0 bridgehead atoms. The topological polar surface area (TPSA) is 66.4 Å². The highest BCUT2D eigenvalue weighted by Gasteiger charge is 2.30. The molecule has 0 unspecified atom stereocenters. The number of carbonyl (C=O) groups is 2. The number of hydrogen-bond donors (Lipinski definition) is 2. The lowest BCUT2D eigenvalue weighted by molar-refractivity contribution is -0.141. The SMILES string of the molecule is O=C(N[C@H]1CC[C@@H](C(=O)O)C1)c1cc(F)cc(Br)c1. The maximum Gasteiger partial charge on any atom is 0.306 e. The van der Waals surface area contributed by atoms with Crippen molar-refractivity contribution in [2.24, 2.45) is 5.92 Å². The lowest BCUT2D eigenvalue weighted by atomic mass is 10.1. The number of hydrogen-bond acceptors (Lipinski definition) is 2. The first-order valence-corrected chi connectivity index (χ1v) is 6.75. The third-order valence-electron chi connectivity index (χ3n) is 3.24. The van der Waals surface area contributed by atoms with Crippen LogP contribution in [0.5, 0.6) is 0 Å². The molecule has 1 fully saturated rings. The zero-order chi connectivity index (χ0) is 14.0. The molecular formula is C13H13BrFNO3. The number of carboxylic acid groups (broad SMARTS) is 1. The molecule has 0 aliphatic heterocycles. The monoisotopic (exact) mass is 329 g/mol. The number of carbonyl (C=O) groups excluding carboxylic acids is 1. The molecule has 1 aliphatic rings. The van der Waals surface area contributed by atoms with E-state index in [2.05, 4.69) is 21.2 Å². The van der Waals surface area contributed by atoms with Crippen molar-refractivity contribution in [1.82, 2.24) is 5.32 Å². The van der Waals surface area contributed by atoms with Gasteiger partial charge in [-0.3, -0.25) is 9.59 Å². The fourth-order valence-corrected chi connectivity index (χ4v) is 2.76. The normalized spacial score (nSPS) is 22.2. The number of halogens is 2. The summed E-state index contributed by atoms with van der Waals surface area (Å²) in [6.45, 7) is 0. The fraction of sp³-hybridized carbons (Fsp3) is 0.385. The van der Waals surface area contributed by atoms with Crippen molar-refractivity contribution in [2.75, 3.05) is 0 Å².